The Morgan fingerprint density at radius 3 is 2.81 bits per heavy atom. The van der Waals surface area contributed by atoms with Gasteiger partial charge in [0.25, 0.3) is 0 Å². The first-order valence-corrected chi connectivity index (χ1v) is 6.36. The van der Waals surface area contributed by atoms with Crippen molar-refractivity contribution in [2.24, 2.45) is 0 Å². The van der Waals surface area contributed by atoms with E-state index in [1.54, 1.807) is 0 Å². The standard InChI is InChI=1S/C12H24N2O2/c1-3-10(4-2)14-12(15)9-16-8-11-6-5-7-13-11/h10-11,13H,3-9H2,1-2H3,(H,14,15). The van der Waals surface area contributed by atoms with Crippen molar-refractivity contribution in [1.82, 2.24) is 10.6 Å². The lowest BCUT2D eigenvalue weighted by atomic mass is 10.2. The lowest BCUT2D eigenvalue weighted by Gasteiger charge is -2.15. The van der Waals surface area contributed by atoms with Gasteiger partial charge in [-0.1, -0.05) is 13.8 Å². The van der Waals surface area contributed by atoms with Crippen molar-refractivity contribution in [1.29, 1.82) is 0 Å². The van der Waals surface area contributed by atoms with Crippen molar-refractivity contribution in [2.75, 3.05) is 19.8 Å². The van der Waals surface area contributed by atoms with Gasteiger partial charge in [-0.2, -0.15) is 0 Å². The minimum absolute atomic E-state index is 0.00620. The third-order valence-corrected chi connectivity index (χ3v) is 3.07. The molecule has 1 aliphatic heterocycles. The fraction of sp³-hybridized carbons (Fsp3) is 0.917. The summed E-state index contributed by atoms with van der Waals surface area (Å²) in [6.07, 6.45) is 4.33. The lowest BCUT2D eigenvalue weighted by Crippen LogP contribution is -2.37. The highest BCUT2D eigenvalue weighted by atomic mass is 16.5. The van der Waals surface area contributed by atoms with E-state index < -0.39 is 0 Å². The normalized spacial score (nSPS) is 20.3. The summed E-state index contributed by atoms with van der Waals surface area (Å²) in [4.78, 5) is 11.5. The van der Waals surface area contributed by atoms with Crippen LogP contribution in [0.25, 0.3) is 0 Å². The Hall–Kier alpha value is -0.610. The second-order valence-corrected chi connectivity index (χ2v) is 4.39. The van der Waals surface area contributed by atoms with E-state index in [2.05, 4.69) is 24.5 Å². The monoisotopic (exact) mass is 228 g/mol. The summed E-state index contributed by atoms with van der Waals surface area (Å²) in [7, 11) is 0. The largest absolute Gasteiger partial charge is 0.370 e. The van der Waals surface area contributed by atoms with Crippen LogP contribution in [-0.2, 0) is 9.53 Å². The van der Waals surface area contributed by atoms with Crippen LogP contribution in [0, 0.1) is 0 Å². The number of hydrogen-bond donors (Lipinski definition) is 2. The zero-order chi connectivity index (χ0) is 11.8. The number of hydrogen-bond acceptors (Lipinski definition) is 3. The first kappa shape index (κ1) is 13.5. The highest BCUT2D eigenvalue weighted by Crippen LogP contribution is 2.04. The number of carbonyl (C=O) groups excluding carboxylic acids is 1. The smallest absolute Gasteiger partial charge is 0.246 e. The van der Waals surface area contributed by atoms with Gasteiger partial charge < -0.3 is 15.4 Å². The van der Waals surface area contributed by atoms with E-state index >= 15 is 0 Å². The van der Waals surface area contributed by atoms with Gasteiger partial charge in [0, 0.05) is 12.1 Å². The van der Waals surface area contributed by atoms with Crippen LogP contribution in [0.15, 0.2) is 0 Å². The number of nitrogens with one attached hydrogen (secondary N) is 2. The Kier molecular flexibility index (Phi) is 6.42. The molecular formula is C12H24N2O2. The highest BCUT2D eigenvalue weighted by Gasteiger charge is 2.14. The maximum absolute atomic E-state index is 11.5. The molecule has 1 amide bonds. The molecule has 1 saturated heterocycles. The molecule has 1 atom stereocenters. The molecule has 4 heteroatoms. The first-order chi connectivity index (χ1) is 7.76. The molecule has 1 fully saturated rings. The van der Waals surface area contributed by atoms with Crippen LogP contribution in [0.4, 0.5) is 0 Å². The maximum Gasteiger partial charge on any atom is 0.246 e. The molecule has 4 nitrogen and oxygen atoms in total. The Balaban J connectivity index is 2.05. The second-order valence-electron chi connectivity index (χ2n) is 4.39. The summed E-state index contributed by atoms with van der Waals surface area (Å²) in [5.41, 5.74) is 0. The molecule has 94 valence electrons. The summed E-state index contributed by atoms with van der Waals surface area (Å²) >= 11 is 0. The van der Waals surface area contributed by atoms with Crippen molar-refractivity contribution < 1.29 is 9.53 Å². The van der Waals surface area contributed by atoms with Crippen LogP contribution in [0.1, 0.15) is 39.5 Å². The first-order valence-electron chi connectivity index (χ1n) is 6.36. The summed E-state index contributed by atoms with van der Waals surface area (Å²) in [5.74, 6) is 0.00620. The average Bonchev–Trinajstić information content (AvgIpc) is 2.79. The van der Waals surface area contributed by atoms with Crippen molar-refractivity contribution in [3.8, 4) is 0 Å². The quantitative estimate of drug-likeness (QED) is 0.685. The van der Waals surface area contributed by atoms with E-state index in [4.69, 9.17) is 4.74 Å². The average molecular weight is 228 g/mol. The Bertz CT molecular complexity index is 199. The van der Waals surface area contributed by atoms with Crippen molar-refractivity contribution in [3.63, 3.8) is 0 Å². The molecular weight excluding hydrogens is 204 g/mol. The molecule has 0 aromatic carbocycles. The van der Waals surface area contributed by atoms with Crippen molar-refractivity contribution in [2.45, 2.75) is 51.6 Å². The Morgan fingerprint density at radius 2 is 2.25 bits per heavy atom. The molecule has 0 bridgehead atoms. The third kappa shape index (κ3) is 4.94. The van der Waals surface area contributed by atoms with Gasteiger partial charge >= 0.3 is 0 Å². The van der Waals surface area contributed by atoms with Gasteiger partial charge in [-0.25, -0.2) is 0 Å². The zero-order valence-corrected chi connectivity index (χ0v) is 10.4. The third-order valence-electron chi connectivity index (χ3n) is 3.07. The second kappa shape index (κ2) is 7.63. The van der Waals surface area contributed by atoms with Crippen LogP contribution in [-0.4, -0.2) is 37.7 Å². The SMILES string of the molecule is CCC(CC)NC(=O)COCC1CCCN1. The highest BCUT2D eigenvalue weighted by molar-refractivity contribution is 5.77. The van der Waals surface area contributed by atoms with Gasteiger partial charge in [0.05, 0.1) is 6.61 Å². The molecule has 1 aliphatic rings. The molecule has 0 aromatic rings. The lowest BCUT2D eigenvalue weighted by molar-refractivity contribution is -0.126. The van der Waals surface area contributed by atoms with E-state index in [9.17, 15) is 4.79 Å². The summed E-state index contributed by atoms with van der Waals surface area (Å²) in [6, 6.07) is 0.738. The molecule has 0 saturated carbocycles. The summed E-state index contributed by atoms with van der Waals surface area (Å²) < 4.78 is 5.39. The number of ether oxygens (including phenoxy) is 1. The molecule has 1 rings (SSSR count). The van der Waals surface area contributed by atoms with Crippen LogP contribution in [0.5, 0.6) is 0 Å². The summed E-state index contributed by atoms with van der Waals surface area (Å²) in [5, 5.41) is 6.29. The van der Waals surface area contributed by atoms with Crippen molar-refractivity contribution >= 4 is 5.91 Å². The van der Waals surface area contributed by atoms with Crippen LogP contribution >= 0.6 is 0 Å². The molecule has 0 spiro atoms. The van der Waals surface area contributed by atoms with E-state index in [1.165, 1.54) is 6.42 Å². The van der Waals surface area contributed by atoms with Gasteiger partial charge in [0.1, 0.15) is 6.61 Å². The fourth-order valence-electron chi connectivity index (χ4n) is 1.95. The molecule has 1 unspecified atom stereocenters. The van der Waals surface area contributed by atoms with Crippen LogP contribution in [0.2, 0.25) is 0 Å². The molecule has 1 heterocycles. The van der Waals surface area contributed by atoms with E-state index in [0.717, 1.165) is 25.8 Å². The van der Waals surface area contributed by atoms with Crippen LogP contribution in [0.3, 0.4) is 0 Å². The number of carbonyl (C=O) groups is 1. The van der Waals surface area contributed by atoms with Crippen molar-refractivity contribution in [3.05, 3.63) is 0 Å². The van der Waals surface area contributed by atoms with Crippen LogP contribution < -0.4 is 10.6 Å². The molecule has 0 aromatic heterocycles. The minimum Gasteiger partial charge on any atom is -0.370 e. The number of amides is 1. The molecule has 0 radical (unpaired) electrons. The van der Waals surface area contributed by atoms with Gasteiger partial charge in [0.15, 0.2) is 0 Å². The topological polar surface area (TPSA) is 50.4 Å². The van der Waals surface area contributed by atoms with E-state index in [1.807, 2.05) is 0 Å². The number of rotatable bonds is 7. The summed E-state index contributed by atoms with van der Waals surface area (Å²) in [6.45, 7) is 6.08. The van der Waals surface area contributed by atoms with Gasteiger partial charge in [-0.3, -0.25) is 4.79 Å². The van der Waals surface area contributed by atoms with E-state index in [0.29, 0.717) is 18.7 Å². The molecule has 0 aliphatic carbocycles. The minimum atomic E-state index is 0.00620. The van der Waals surface area contributed by atoms with Gasteiger partial charge in [-0.15, -0.1) is 0 Å². The van der Waals surface area contributed by atoms with E-state index in [-0.39, 0.29) is 12.5 Å². The maximum atomic E-state index is 11.5. The Morgan fingerprint density at radius 1 is 1.50 bits per heavy atom. The molecule has 16 heavy (non-hydrogen) atoms. The Labute approximate surface area is 98.1 Å². The molecule has 2 N–H and O–H groups in total. The predicted molar refractivity (Wildman–Crippen MR) is 64.4 cm³/mol. The predicted octanol–water partition coefficient (Wildman–Crippen LogP) is 1.06. The zero-order valence-electron chi connectivity index (χ0n) is 10.4. The van der Waals surface area contributed by atoms with Gasteiger partial charge in [0.2, 0.25) is 5.91 Å². The fourth-order valence-corrected chi connectivity index (χ4v) is 1.95. The van der Waals surface area contributed by atoms with Gasteiger partial charge in [-0.05, 0) is 32.2 Å².